The van der Waals surface area contributed by atoms with Crippen molar-refractivity contribution >= 4 is 23.1 Å². The van der Waals surface area contributed by atoms with Gasteiger partial charge in [0, 0.05) is 18.0 Å². The SMILES string of the molecule is COc1ccc([C@H]2[C@H]3C(=O)C[C@@H](c4ccco4)C=C3Nc3ccccc3N2C(=O)C(F)(F)F)cc1OC. The smallest absolute Gasteiger partial charge is 0.471 e. The molecular weight excluding hydrogens is 489 g/mol. The number of amides is 1. The van der Waals surface area contributed by atoms with Crippen molar-refractivity contribution in [2.75, 3.05) is 24.4 Å². The average molecular weight is 512 g/mol. The number of benzene rings is 2. The van der Waals surface area contributed by atoms with Crippen LogP contribution in [0.2, 0.25) is 0 Å². The van der Waals surface area contributed by atoms with E-state index in [1.165, 1.54) is 38.7 Å². The number of ketones is 1. The number of alkyl halides is 3. The Balaban J connectivity index is 1.76. The zero-order chi connectivity index (χ0) is 26.3. The maximum absolute atomic E-state index is 14.0. The van der Waals surface area contributed by atoms with E-state index in [0.717, 1.165) is 0 Å². The number of carbonyl (C=O) groups excluding carboxylic acids is 2. The minimum atomic E-state index is -5.19. The first-order chi connectivity index (χ1) is 17.7. The van der Waals surface area contributed by atoms with E-state index in [1.807, 2.05) is 0 Å². The lowest BCUT2D eigenvalue weighted by molar-refractivity contribution is -0.171. The molecule has 1 amide bonds. The molecule has 2 aliphatic rings. The Morgan fingerprint density at radius 2 is 1.81 bits per heavy atom. The van der Waals surface area contributed by atoms with Gasteiger partial charge in [0.2, 0.25) is 0 Å². The van der Waals surface area contributed by atoms with Crippen molar-refractivity contribution in [3.05, 3.63) is 84.0 Å². The molecule has 0 fully saturated rings. The van der Waals surface area contributed by atoms with Crippen LogP contribution in [0, 0.1) is 5.92 Å². The summed E-state index contributed by atoms with van der Waals surface area (Å²) in [5, 5.41) is 3.15. The van der Waals surface area contributed by atoms with E-state index < -0.39 is 30.0 Å². The standard InChI is InChI=1S/C27H23F3N2O5/c1-35-22-10-9-15(14-23(22)36-2)25-24-18(12-16(13-20(24)33)21-8-5-11-37-21)31-17-6-3-4-7-19(17)32(25)26(34)27(28,29)30/h3-12,14,16,24-25,31H,13H2,1-2H3/t16-,24+,25-/m0/s1. The Bertz CT molecular complexity index is 1370. The molecule has 1 N–H and O–H groups in total. The molecule has 7 nitrogen and oxygen atoms in total. The van der Waals surface area contributed by atoms with Gasteiger partial charge in [-0.3, -0.25) is 14.5 Å². The molecule has 1 aliphatic carbocycles. The maximum Gasteiger partial charge on any atom is 0.471 e. The number of carbonyl (C=O) groups is 2. The summed E-state index contributed by atoms with van der Waals surface area (Å²) in [4.78, 5) is 27.4. The van der Waals surface area contributed by atoms with Gasteiger partial charge in [-0.15, -0.1) is 0 Å². The molecule has 1 aliphatic heterocycles. The molecule has 2 heterocycles. The lowest BCUT2D eigenvalue weighted by Crippen LogP contribution is -2.47. The predicted molar refractivity (Wildman–Crippen MR) is 129 cm³/mol. The number of nitrogens with one attached hydrogen (secondary N) is 1. The number of rotatable bonds is 4. The molecule has 192 valence electrons. The highest BCUT2D eigenvalue weighted by molar-refractivity contribution is 6.03. The van der Waals surface area contributed by atoms with Gasteiger partial charge in [-0.1, -0.05) is 24.3 Å². The molecule has 0 bridgehead atoms. The molecule has 10 heteroatoms. The highest BCUT2D eigenvalue weighted by Gasteiger charge is 2.52. The largest absolute Gasteiger partial charge is 0.493 e. The summed E-state index contributed by atoms with van der Waals surface area (Å²) < 4.78 is 58.2. The topological polar surface area (TPSA) is 81.0 Å². The van der Waals surface area contributed by atoms with Gasteiger partial charge in [0.1, 0.15) is 11.5 Å². The average Bonchev–Trinajstić information content (AvgIpc) is 3.37. The van der Waals surface area contributed by atoms with Crippen LogP contribution >= 0.6 is 0 Å². The number of hydrogen-bond acceptors (Lipinski definition) is 6. The number of Topliss-reactive ketones (excluding diaryl/α,β-unsaturated/α-hetero) is 1. The molecule has 0 saturated carbocycles. The fraction of sp³-hybridized carbons (Fsp3) is 0.259. The number of ether oxygens (including phenoxy) is 2. The number of halogens is 3. The van der Waals surface area contributed by atoms with Gasteiger partial charge in [-0.2, -0.15) is 13.2 Å². The van der Waals surface area contributed by atoms with Gasteiger partial charge in [-0.25, -0.2) is 0 Å². The molecule has 3 aromatic rings. The van der Waals surface area contributed by atoms with Crippen molar-refractivity contribution in [2.24, 2.45) is 5.92 Å². The summed E-state index contributed by atoms with van der Waals surface area (Å²) in [6, 6.07) is 12.9. The van der Waals surface area contributed by atoms with E-state index in [1.54, 1.807) is 42.5 Å². The zero-order valence-electron chi connectivity index (χ0n) is 19.9. The zero-order valence-corrected chi connectivity index (χ0v) is 19.9. The van der Waals surface area contributed by atoms with Gasteiger partial charge in [0.25, 0.3) is 0 Å². The first-order valence-electron chi connectivity index (χ1n) is 11.5. The lowest BCUT2D eigenvalue weighted by Gasteiger charge is -2.37. The number of hydrogen-bond donors (Lipinski definition) is 1. The van der Waals surface area contributed by atoms with Crippen molar-refractivity contribution in [2.45, 2.75) is 24.6 Å². The van der Waals surface area contributed by atoms with Crippen LogP contribution in [0.5, 0.6) is 11.5 Å². The fourth-order valence-electron chi connectivity index (χ4n) is 5.04. The molecule has 0 radical (unpaired) electrons. The molecule has 5 rings (SSSR count). The molecule has 0 unspecified atom stereocenters. The van der Waals surface area contributed by atoms with Crippen LogP contribution in [0.25, 0.3) is 0 Å². The van der Waals surface area contributed by atoms with Crippen molar-refractivity contribution in [1.82, 2.24) is 0 Å². The van der Waals surface area contributed by atoms with Crippen molar-refractivity contribution in [1.29, 1.82) is 0 Å². The summed E-state index contributed by atoms with van der Waals surface area (Å²) in [6.45, 7) is 0. The normalized spacial score (nSPS) is 21.2. The summed E-state index contributed by atoms with van der Waals surface area (Å²) in [5.41, 5.74) is 0.950. The van der Waals surface area contributed by atoms with E-state index in [9.17, 15) is 22.8 Å². The number of fused-ring (bicyclic) bond motifs is 2. The molecule has 3 atom stereocenters. The number of anilines is 2. The van der Waals surface area contributed by atoms with Gasteiger partial charge in [-0.05, 0) is 42.0 Å². The first kappa shape index (κ1) is 24.5. The third-order valence-corrected chi connectivity index (χ3v) is 6.64. The number of para-hydroxylation sites is 2. The number of furan rings is 1. The highest BCUT2D eigenvalue weighted by atomic mass is 19.4. The summed E-state index contributed by atoms with van der Waals surface area (Å²) in [6.07, 6.45) is -1.91. The summed E-state index contributed by atoms with van der Waals surface area (Å²) in [7, 11) is 2.83. The van der Waals surface area contributed by atoms with Crippen LogP contribution in [-0.2, 0) is 9.59 Å². The molecule has 0 saturated heterocycles. The Morgan fingerprint density at radius 1 is 1.05 bits per heavy atom. The molecule has 0 spiro atoms. The molecule has 37 heavy (non-hydrogen) atoms. The third-order valence-electron chi connectivity index (χ3n) is 6.64. The third kappa shape index (κ3) is 4.32. The first-order valence-corrected chi connectivity index (χ1v) is 11.5. The number of nitrogens with zero attached hydrogens (tertiary/aromatic N) is 1. The Labute approximate surface area is 210 Å². The van der Waals surface area contributed by atoms with Gasteiger partial charge < -0.3 is 19.2 Å². The Hall–Kier alpha value is -4.21. The Kier molecular flexibility index (Phi) is 6.18. The van der Waals surface area contributed by atoms with Crippen LogP contribution in [-0.4, -0.2) is 32.1 Å². The van der Waals surface area contributed by atoms with E-state index in [0.29, 0.717) is 22.1 Å². The second kappa shape index (κ2) is 9.34. The van der Waals surface area contributed by atoms with Crippen LogP contribution < -0.4 is 19.7 Å². The van der Waals surface area contributed by atoms with Gasteiger partial charge >= 0.3 is 12.1 Å². The van der Waals surface area contributed by atoms with E-state index >= 15 is 0 Å². The molecule has 1 aromatic heterocycles. The highest BCUT2D eigenvalue weighted by Crippen LogP contribution is 2.49. The predicted octanol–water partition coefficient (Wildman–Crippen LogP) is 5.62. The fourth-order valence-corrected chi connectivity index (χ4v) is 5.04. The second-order valence-corrected chi connectivity index (χ2v) is 8.77. The van der Waals surface area contributed by atoms with Crippen molar-refractivity contribution in [3.63, 3.8) is 0 Å². The molecule has 2 aromatic carbocycles. The van der Waals surface area contributed by atoms with Gasteiger partial charge in [0.15, 0.2) is 11.5 Å². The maximum atomic E-state index is 14.0. The second-order valence-electron chi connectivity index (χ2n) is 8.77. The minimum absolute atomic E-state index is 0.00209. The van der Waals surface area contributed by atoms with E-state index in [2.05, 4.69) is 5.32 Å². The summed E-state index contributed by atoms with van der Waals surface area (Å²) >= 11 is 0. The van der Waals surface area contributed by atoms with Crippen molar-refractivity contribution in [3.8, 4) is 11.5 Å². The quantitative estimate of drug-likeness (QED) is 0.489. The van der Waals surface area contributed by atoms with E-state index in [4.69, 9.17) is 13.9 Å². The Morgan fingerprint density at radius 3 is 2.49 bits per heavy atom. The number of allylic oxidation sites excluding steroid dienone is 1. The van der Waals surface area contributed by atoms with Crippen LogP contribution in [0.1, 0.15) is 29.7 Å². The minimum Gasteiger partial charge on any atom is -0.493 e. The van der Waals surface area contributed by atoms with Crippen molar-refractivity contribution < 1.29 is 36.7 Å². The monoisotopic (exact) mass is 512 g/mol. The van der Waals surface area contributed by atoms with Crippen LogP contribution in [0.3, 0.4) is 0 Å². The number of methoxy groups -OCH3 is 2. The van der Waals surface area contributed by atoms with E-state index in [-0.39, 0.29) is 34.9 Å². The summed E-state index contributed by atoms with van der Waals surface area (Å²) in [5.74, 6) is -2.76. The van der Waals surface area contributed by atoms with Crippen LogP contribution in [0.4, 0.5) is 24.5 Å². The van der Waals surface area contributed by atoms with Crippen LogP contribution in [0.15, 0.2) is 77.1 Å². The lowest BCUT2D eigenvalue weighted by atomic mass is 9.77. The van der Waals surface area contributed by atoms with Gasteiger partial charge in [0.05, 0.1) is 43.8 Å². The molecular formula is C27H23F3N2O5.